The van der Waals surface area contributed by atoms with E-state index in [0.717, 1.165) is 0 Å². The summed E-state index contributed by atoms with van der Waals surface area (Å²) >= 11 is 0. The smallest absolute Gasteiger partial charge is 0.303 e. The predicted molar refractivity (Wildman–Crippen MR) is 74.3 cm³/mol. The number of aliphatic carboxylic acids is 1. The zero-order valence-corrected chi connectivity index (χ0v) is 11.6. The van der Waals surface area contributed by atoms with Gasteiger partial charge in [0, 0.05) is 24.6 Å². The van der Waals surface area contributed by atoms with Crippen LogP contribution in [-0.4, -0.2) is 30.7 Å². The van der Waals surface area contributed by atoms with Gasteiger partial charge in [0.15, 0.2) is 11.5 Å². The number of carboxylic acids is 1. The second-order valence-corrected chi connectivity index (χ2v) is 4.09. The van der Waals surface area contributed by atoms with Gasteiger partial charge in [-0.3, -0.25) is 9.59 Å². The topological polar surface area (TPSA) is 84.9 Å². The number of carboxylic acid groups (broad SMARTS) is 1. The van der Waals surface area contributed by atoms with Crippen LogP contribution in [0.5, 0.6) is 11.5 Å². The lowest BCUT2D eigenvalue weighted by Crippen LogP contribution is -2.12. The Kier molecular flexibility index (Phi) is 6.36. The van der Waals surface area contributed by atoms with Gasteiger partial charge in [0.2, 0.25) is 5.91 Å². The van der Waals surface area contributed by atoms with Crippen molar-refractivity contribution in [3.8, 4) is 11.5 Å². The minimum atomic E-state index is -0.902. The maximum Gasteiger partial charge on any atom is 0.303 e. The van der Waals surface area contributed by atoms with E-state index in [1.165, 1.54) is 7.11 Å². The summed E-state index contributed by atoms with van der Waals surface area (Å²) < 4.78 is 10.6. The Balaban J connectivity index is 2.59. The van der Waals surface area contributed by atoms with E-state index in [-0.39, 0.29) is 18.7 Å². The van der Waals surface area contributed by atoms with Crippen LogP contribution in [0.4, 0.5) is 5.69 Å². The van der Waals surface area contributed by atoms with Crippen molar-refractivity contribution >= 4 is 17.6 Å². The fourth-order valence-corrected chi connectivity index (χ4v) is 1.64. The van der Waals surface area contributed by atoms with E-state index in [9.17, 15) is 9.59 Å². The van der Waals surface area contributed by atoms with E-state index in [2.05, 4.69) is 5.32 Å². The molecular formula is C14H19NO5. The first-order chi connectivity index (χ1) is 9.56. The molecule has 110 valence electrons. The van der Waals surface area contributed by atoms with Crippen molar-refractivity contribution in [2.75, 3.05) is 19.0 Å². The second kappa shape index (κ2) is 8.04. The van der Waals surface area contributed by atoms with Crippen LogP contribution in [0.25, 0.3) is 0 Å². The molecule has 0 heterocycles. The van der Waals surface area contributed by atoms with Crippen LogP contribution >= 0.6 is 0 Å². The molecule has 1 aromatic carbocycles. The maximum atomic E-state index is 11.6. The normalized spacial score (nSPS) is 9.90. The number of nitrogens with one attached hydrogen (secondary N) is 1. The number of ether oxygens (including phenoxy) is 2. The lowest BCUT2D eigenvalue weighted by Gasteiger charge is -2.11. The third-order valence-electron chi connectivity index (χ3n) is 2.54. The summed E-state index contributed by atoms with van der Waals surface area (Å²) in [5, 5.41) is 11.2. The molecule has 0 bridgehead atoms. The Hall–Kier alpha value is -2.24. The van der Waals surface area contributed by atoms with E-state index < -0.39 is 5.97 Å². The van der Waals surface area contributed by atoms with Crippen molar-refractivity contribution in [2.45, 2.75) is 26.2 Å². The molecule has 0 spiro atoms. The van der Waals surface area contributed by atoms with Gasteiger partial charge in [0.25, 0.3) is 0 Å². The Bertz CT molecular complexity index is 473. The van der Waals surface area contributed by atoms with E-state index in [1.54, 1.807) is 18.2 Å². The van der Waals surface area contributed by atoms with Crippen LogP contribution in [0.1, 0.15) is 26.2 Å². The zero-order valence-electron chi connectivity index (χ0n) is 11.6. The number of carbonyl (C=O) groups excluding carboxylic acids is 1. The highest BCUT2D eigenvalue weighted by atomic mass is 16.5. The van der Waals surface area contributed by atoms with Gasteiger partial charge >= 0.3 is 5.97 Å². The summed E-state index contributed by atoms with van der Waals surface area (Å²) in [6.07, 6.45) is 0.469. The van der Waals surface area contributed by atoms with Crippen molar-refractivity contribution in [3.63, 3.8) is 0 Å². The second-order valence-electron chi connectivity index (χ2n) is 4.09. The Labute approximate surface area is 117 Å². The number of benzene rings is 1. The van der Waals surface area contributed by atoms with Crippen molar-refractivity contribution in [1.29, 1.82) is 0 Å². The predicted octanol–water partition coefficient (Wildman–Crippen LogP) is 2.29. The van der Waals surface area contributed by atoms with Gasteiger partial charge in [-0.05, 0) is 25.5 Å². The van der Waals surface area contributed by atoms with Gasteiger partial charge in [-0.2, -0.15) is 0 Å². The lowest BCUT2D eigenvalue weighted by molar-refractivity contribution is -0.137. The summed E-state index contributed by atoms with van der Waals surface area (Å²) in [4.78, 5) is 22.0. The summed E-state index contributed by atoms with van der Waals surface area (Å²) in [5.74, 6) is 0.0204. The van der Waals surface area contributed by atoms with E-state index in [0.29, 0.717) is 30.2 Å². The Morgan fingerprint density at radius 3 is 2.60 bits per heavy atom. The van der Waals surface area contributed by atoms with Gasteiger partial charge in [-0.1, -0.05) is 0 Å². The zero-order chi connectivity index (χ0) is 15.0. The molecule has 0 saturated heterocycles. The summed E-state index contributed by atoms with van der Waals surface area (Å²) in [7, 11) is 1.52. The number of carbonyl (C=O) groups is 2. The third-order valence-corrected chi connectivity index (χ3v) is 2.54. The summed E-state index contributed by atoms with van der Waals surface area (Å²) in [5.41, 5.74) is 0.589. The highest BCUT2D eigenvalue weighted by Crippen LogP contribution is 2.30. The van der Waals surface area contributed by atoms with E-state index >= 15 is 0 Å². The molecule has 0 aliphatic rings. The molecule has 0 fully saturated rings. The number of rotatable bonds is 8. The Morgan fingerprint density at radius 1 is 1.25 bits per heavy atom. The van der Waals surface area contributed by atoms with Crippen molar-refractivity contribution in [1.82, 2.24) is 0 Å². The fourth-order valence-electron chi connectivity index (χ4n) is 1.64. The first-order valence-corrected chi connectivity index (χ1v) is 6.39. The number of anilines is 1. The van der Waals surface area contributed by atoms with Crippen molar-refractivity contribution < 1.29 is 24.2 Å². The average molecular weight is 281 g/mol. The van der Waals surface area contributed by atoms with Crippen LogP contribution in [0, 0.1) is 0 Å². The van der Waals surface area contributed by atoms with Gasteiger partial charge in [0.1, 0.15) is 0 Å². The summed E-state index contributed by atoms with van der Waals surface area (Å²) in [6, 6.07) is 5.10. The van der Waals surface area contributed by atoms with Crippen LogP contribution in [0.2, 0.25) is 0 Å². The highest BCUT2D eigenvalue weighted by molar-refractivity contribution is 5.91. The minimum Gasteiger partial charge on any atom is -0.493 e. The number of hydrogen-bond donors (Lipinski definition) is 2. The molecule has 0 radical (unpaired) electrons. The third kappa shape index (κ3) is 5.17. The molecule has 0 saturated carbocycles. The molecular weight excluding hydrogens is 262 g/mol. The Morgan fingerprint density at radius 2 is 2.00 bits per heavy atom. The highest BCUT2D eigenvalue weighted by Gasteiger charge is 2.08. The molecule has 1 amide bonds. The molecule has 20 heavy (non-hydrogen) atoms. The monoisotopic (exact) mass is 281 g/mol. The number of hydrogen-bond acceptors (Lipinski definition) is 4. The number of amides is 1. The van der Waals surface area contributed by atoms with Crippen molar-refractivity contribution in [2.24, 2.45) is 0 Å². The van der Waals surface area contributed by atoms with E-state index in [1.807, 2.05) is 6.92 Å². The minimum absolute atomic E-state index is 0.0139. The first-order valence-electron chi connectivity index (χ1n) is 6.39. The molecule has 2 N–H and O–H groups in total. The lowest BCUT2D eigenvalue weighted by atomic mass is 10.2. The molecule has 0 aliphatic heterocycles. The molecule has 0 aliphatic carbocycles. The number of methoxy groups -OCH3 is 1. The molecule has 6 nitrogen and oxygen atoms in total. The van der Waals surface area contributed by atoms with Gasteiger partial charge in [-0.15, -0.1) is 0 Å². The SMILES string of the molecule is CCOc1ccc(NC(=O)CCCC(=O)O)cc1OC. The van der Waals surface area contributed by atoms with Gasteiger partial charge < -0.3 is 19.9 Å². The molecule has 0 atom stereocenters. The van der Waals surface area contributed by atoms with Gasteiger partial charge in [-0.25, -0.2) is 0 Å². The maximum absolute atomic E-state index is 11.6. The fraction of sp³-hybridized carbons (Fsp3) is 0.429. The molecule has 1 rings (SSSR count). The van der Waals surface area contributed by atoms with Crippen LogP contribution in [0.3, 0.4) is 0 Å². The first kappa shape index (κ1) is 15.8. The van der Waals surface area contributed by atoms with E-state index in [4.69, 9.17) is 14.6 Å². The van der Waals surface area contributed by atoms with Crippen molar-refractivity contribution in [3.05, 3.63) is 18.2 Å². The molecule has 0 unspecified atom stereocenters. The molecule has 0 aromatic heterocycles. The van der Waals surface area contributed by atoms with Gasteiger partial charge in [0.05, 0.1) is 13.7 Å². The molecule has 6 heteroatoms. The average Bonchev–Trinajstić information content (AvgIpc) is 2.40. The van der Waals surface area contributed by atoms with Crippen LogP contribution in [0.15, 0.2) is 18.2 Å². The molecule has 1 aromatic rings. The largest absolute Gasteiger partial charge is 0.493 e. The van der Waals surface area contributed by atoms with Crippen LogP contribution < -0.4 is 14.8 Å². The van der Waals surface area contributed by atoms with Crippen LogP contribution in [-0.2, 0) is 9.59 Å². The quantitative estimate of drug-likeness (QED) is 0.763. The standard InChI is InChI=1S/C14H19NO5/c1-3-20-11-8-7-10(9-12(11)19-2)15-13(16)5-4-6-14(17)18/h7-9H,3-6H2,1-2H3,(H,15,16)(H,17,18). The summed E-state index contributed by atoms with van der Waals surface area (Å²) in [6.45, 7) is 2.40.